The van der Waals surface area contributed by atoms with Gasteiger partial charge in [-0.15, -0.1) is 0 Å². The molecule has 2 heterocycles. The van der Waals surface area contributed by atoms with Crippen LogP contribution in [0.1, 0.15) is 23.7 Å². The zero-order chi connectivity index (χ0) is 20.4. The van der Waals surface area contributed by atoms with E-state index in [2.05, 4.69) is 4.90 Å². The number of aliphatic hydroxyl groups excluding tert-OH is 1. The number of hydrogen-bond acceptors (Lipinski definition) is 6. The van der Waals surface area contributed by atoms with Crippen molar-refractivity contribution in [2.45, 2.75) is 24.3 Å². The largest absolute Gasteiger partial charge is 0.454 e. The van der Waals surface area contributed by atoms with Crippen molar-refractivity contribution in [3.05, 3.63) is 53.6 Å². The maximum atomic E-state index is 12.9. The van der Waals surface area contributed by atoms with Crippen molar-refractivity contribution >= 4 is 10.0 Å². The Morgan fingerprint density at radius 1 is 1.00 bits per heavy atom. The molecule has 1 atom stereocenters. The number of aryl methyl sites for hydroxylation is 1. The first-order chi connectivity index (χ1) is 13.9. The van der Waals surface area contributed by atoms with Gasteiger partial charge in [0.05, 0.1) is 11.0 Å². The maximum Gasteiger partial charge on any atom is 0.243 e. The Balaban J connectivity index is 1.39. The number of β-amino-alcohol motifs (C(OH)–C–C–N with tert-alkyl or cyclic N) is 1. The lowest BCUT2D eigenvalue weighted by Gasteiger charge is -2.24. The number of aliphatic hydroxyl groups is 1. The average molecular weight is 419 g/mol. The molecule has 7 nitrogen and oxygen atoms in total. The zero-order valence-electron chi connectivity index (χ0n) is 16.5. The smallest absolute Gasteiger partial charge is 0.243 e. The lowest BCUT2D eigenvalue weighted by atomic mass is 10.1. The molecule has 2 aliphatic heterocycles. The molecule has 1 N–H and O–H groups in total. The van der Waals surface area contributed by atoms with Crippen LogP contribution in [0.2, 0.25) is 0 Å². The van der Waals surface area contributed by atoms with Crippen molar-refractivity contribution in [1.29, 1.82) is 0 Å². The van der Waals surface area contributed by atoms with E-state index in [4.69, 9.17) is 9.47 Å². The second kappa shape index (κ2) is 8.31. The molecular weight excluding hydrogens is 392 g/mol. The lowest BCUT2D eigenvalue weighted by molar-refractivity contribution is 0.116. The Morgan fingerprint density at radius 2 is 1.76 bits per heavy atom. The highest BCUT2D eigenvalue weighted by atomic mass is 32.2. The van der Waals surface area contributed by atoms with E-state index in [0.29, 0.717) is 42.6 Å². The quantitative estimate of drug-likeness (QED) is 0.802. The van der Waals surface area contributed by atoms with Crippen molar-refractivity contribution in [2.24, 2.45) is 0 Å². The summed E-state index contributed by atoms with van der Waals surface area (Å²) in [6.45, 7) is 4.78. The van der Waals surface area contributed by atoms with Crippen LogP contribution in [-0.4, -0.2) is 62.2 Å². The number of benzene rings is 2. The minimum Gasteiger partial charge on any atom is -0.454 e. The van der Waals surface area contributed by atoms with E-state index in [9.17, 15) is 13.5 Å². The molecule has 1 unspecified atom stereocenters. The first-order valence-corrected chi connectivity index (χ1v) is 11.2. The summed E-state index contributed by atoms with van der Waals surface area (Å²) in [5.41, 5.74) is 1.80. The number of ether oxygens (including phenoxy) is 2. The first-order valence-electron chi connectivity index (χ1n) is 9.80. The summed E-state index contributed by atoms with van der Waals surface area (Å²) in [5.74, 6) is 1.33. The molecule has 2 aliphatic rings. The molecule has 8 heteroatoms. The standard InChI is InChI=1S/C21H26N2O5S/c1-16-3-6-18(7-4-16)29(25,26)23-10-2-9-22(11-12-23)14-19(24)17-5-8-20-21(13-17)28-15-27-20/h3-8,13,19,24H,2,9-12,14-15H2,1H3. The number of sulfonamides is 1. The number of nitrogens with zero attached hydrogens (tertiary/aromatic N) is 2. The predicted octanol–water partition coefficient (Wildman–Crippen LogP) is 2.15. The van der Waals surface area contributed by atoms with E-state index in [0.717, 1.165) is 24.1 Å². The fourth-order valence-corrected chi connectivity index (χ4v) is 5.17. The van der Waals surface area contributed by atoms with E-state index >= 15 is 0 Å². The summed E-state index contributed by atoms with van der Waals surface area (Å²) in [7, 11) is -3.50. The Morgan fingerprint density at radius 3 is 2.55 bits per heavy atom. The van der Waals surface area contributed by atoms with Crippen LogP contribution >= 0.6 is 0 Å². The van der Waals surface area contributed by atoms with Gasteiger partial charge in [-0.3, -0.25) is 4.90 Å². The van der Waals surface area contributed by atoms with Crippen molar-refractivity contribution < 1.29 is 23.0 Å². The van der Waals surface area contributed by atoms with Crippen molar-refractivity contribution in [3.8, 4) is 11.5 Å². The summed E-state index contributed by atoms with van der Waals surface area (Å²) >= 11 is 0. The van der Waals surface area contributed by atoms with Crippen LogP contribution < -0.4 is 9.47 Å². The molecule has 0 saturated carbocycles. The van der Waals surface area contributed by atoms with Gasteiger partial charge in [0.25, 0.3) is 0 Å². The van der Waals surface area contributed by atoms with Crippen LogP contribution in [0.15, 0.2) is 47.4 Å². The summed E-state index contributed by atoms with van der Waals surface area (Å²) < 4.78 is 38.1. The van der Waals surface area contributed by atoms with Crippen LogP contribution in [0.3, 0.4) is 0 Å². The molecule has 0 radical (unpaired) electrons. The molecule has 0 spiro atoms. The fraction of sp³-hybridized carbons (Fsp3) is 0.429. The third-order valence-corrected chi connectivity index (χ3v) is 7.33. The van der Waals surface area contributed by atoms with E-state index < -0.39 is 16.1 Å². The molecule has 0 bridgehead atoms. The monoisotopic (exact) mass is 418 g/mol. The van der Waals surface area contributed by atoms with Gasteiger partial charge in [-0.1, -0.05) is 23.8 Å². The summed E-state index contributed by atoms with van der Waals surface area (Å²) in [6.07, 6.45) is 0.0450. The maximum absolute atomic E-state index is 12.9. The minimum absolute atomic E-state index is 0.201. The average Bonchev–Trinajstić information content (AvgIpc) is 3.05. The summed E-state index contributed by atoms with van der Waals surface area (Å²) in [6, 6.07) is 12.4. The minimum atomic E-state index is -3.50. The highest BCUT2D eigenvalue weighted by molar-refractivity contribution is 7.89. The zero-order valence-corrected chi connectivity index (χ0v) is 17.3. The topological polar surface area (TPSA) is 79.3 Å². The van der Waals surface area contributed by atoms with Gasteiger partial charge in [0.15, 0.2) is 11.5 Å². The predicted molar refractivity (Wildman–Crippen MR) is 109 cm³/mol. The van der Waals surface area contributed by atoms with Crippen LogP contribution in [0, 0.1) is 6.92 Å². The molecule has 0 aliphatic carbocycles. The SMILES string of the molecule is Cc1ccc(S(=O)(=O)N2CCCN(CC(O)c3ccc4c(c3)OCO4)CC2)cc1. The van der Waals surface area contributed by atoms with Crippen LogP contribution in [-0.2, 0) is 10.0 Å². The van der Waals surface area contributed by atoms with Gasteiger partial charge in [-0.05, 0) is 49.7 Å². The normalized spacial score (nSPS) is 19.1. The molecule has 1 saturated heterocycles. The van der Waals surface area contributed by atoms with Crippen molar-refractivity contribution in [2.75, 3.05) is 39.5 Å². The number of hydrogen-bond donors (Lipinski definition) is 1. The Hall–Kier alpha value is -2.13. The van der Waals surface area contributed by atoms with E-state index in [1.807, 2.05) is 25.1 Å². The third kappa shape index (κ3) is 4.40. The second-order valence-corrected chi connectivity index (χ2v) is 9.44. The first kappa shape index (κ1) is 20.2. The fourth-order valence-electron chi connectivity index (χ4n) is 3.70. The van der Waals surface area contributed by atoms with E-state index in [-0.39, 0.29) is 6.79 Å². The molecule has 2 aromatic rings. The molecule has 4 rings (SSSR count). The third-order valence-electron chi connectivity index (χ3n) is 5.42. The van der Waals surface area contributed by atoms with E-state index in [1.165, 1.54) is 0 Å². The Kier molecular flexibility index (Phi) is 5.78. The highest BCUT2D eigenvalue weighted by Gasteiger charge is 2.27. The Labute approximate surface area is 171 Å². The van der Waals surface area contributed by atoms with Gasteiger partial charge >= 0.3 is 0 Å². The van der Waals surface area contributed by atoms with Crippen molar-refractivity contribution in [1.82, 2.24) is 9.21 Å². The molecule has 1 fully saturated rings. The Bertz CT molecular complexity index is 962. The van der Waals surface area contributed by atoms with Crippen LogP contribution in [0.4, 0.5) is 0 Å². The highest BCUT2D eigenvalue weighted by Crippen LogP contribution is 2.34. The van der Waals surface area contributed by atoms with Gasteiger partial charge in [0, 0.05) is 26.2 Å². The van der Waals surface area contributed by atoms with Crippen LogP contribution in [0.25, 0.3) is 0 Å². The molecule has 29 heavy (non-hydrogen) atoms. The number of fused-ring (bicyclic) bond motifs is 1. The second-order valence-electron chi connectivity index (χ2n) is 7.50. The van der Waals surface area contributed by atoms with E-state index in [1.54, 1.807) is 28.6 Å². The molecule has 0 aromatic heterocycles. The van der Waals surface area contributed by atoms with Gasteiger partial charge in [-0.25, -0.2) is 8.42 Å². The van der Waals surface area contributed by atoms with Crippen LogP contribution in [0.5, 0.6) is 11.5 Å². The van der Waals surface area contributed by atoms with Gasteiger partial charge < -0.3 is 14.6 Å². The van der Waals surface area contributed by atoms with Gasteiger partial charge in [-0.2, -0.15) is 4.31 Å². The summed E-state index contributed by atoms with van der Waals surface area (Å²) in [4.78, 5) is 2.44. The molecule has 156 valence electrons. The van der Waals surface area contributed by atoms with Gasteiger partial charge in [0.1, 0.15) is 0 Å². The number of rotatable bonds is 5. The van der Waals surface area contributed by atoms with Crippen molar-refractivity contribution in [3.63, 3.8) is 0 Å². The molecule has 0 amide bonds. The van der Waals surface area contributed by atoms with Gasteiger partial charge in [0.2, 0.25) is 16.8 Å². The molecule has 2 aromatic carbocycles. The lowest BCUT2D eigenvalue weighted by Crippen LogP contribution is -2.36. The summed E-state index contributed by atoms with van der Waals surface area (Å²) in [5, 5.41) is 10.7. The molecular formula is C21H26N2O5S.